The van der Waals surface area contributed by atoms with Crippen molar-refractivity contribution in [1.82, 2.24) is 5.32 Å². The average Bonchev–Trinajstić information content (AvgIpc) is 2.29. The molecule has 94 valence electrons. The van der Waals surface area contributed by atoms with Crippen molar-refractivity contribution < 1.29 is 4.74 Å². The number of ether oxygens (including phenoxy) is 1. The second-order valence-corrected chi connectivity index (χ2v) is 5.94. The van der Waals surface area contributed by atoms with E-state index in [2.05, 4.69) is 26.1 Å². The summed E-state index contributed by atoms with van der Waals surface area (Å²) in [6, 6.07) is 0. The first-order valence-electron chi connectivity index (χ1n) is 7.08. The number of hydrogen-bond donors (Lipinski definition) is 1. The van der Waals surface area contributed by atoms with Crippen LogP contribution in [0.3, 0.4) is 0 Å². The predicted octanol–water partition coefficient (Wildman–Crippen LogP) is 3.32. The number of hydrogen-bond acceptors (Lipinski definition) is 2. The minimum atomic E-state index is 0.0459. The molecule has 1 atom stereocenters. The van der Waals surface area contributed by atoms with E-state index in [0.717, 1.165) is 24.8 Å². The van der Waals surface area contributed by atoms with Crippen LogP contribution in [0.25, 0.3) is 0 Å². The lowest BCUT2D eigenvalue weighted by Crippen LogP contribution is -2.56. The Balaban J connectivity index is 1.90. The second kappa shape index (κ2) is 5.05. The summed E-state index contributed by atoms with van der Waals surface area (Å²) >= 11 is 0. The summed E-state index contributed by atoms with van der Waals surface area (Å²) in [5.41, 5.74) is 0.0459. The summed E-state index contributed by atoms with van der Waals surface area (Å²) in [4.78, 5) is 0. The Morgan fingerprint density at radius 3 is 2.50 bits per heavy atom. The lowest BCUT2D eigenvalue weighted by molar-refractivity contribution is -0.166. The third-order valence-corrected chi connectivity index (χ3v) is 4.54. The van der Waals surface area contributed by atoms with Gasteiger partial charge in [-0.2, -0.15) is 0 Å². The fourth-order valence-electron chi connectivity index (χ4n) is 3.24. The quantitative estimate of drug-likeness (QED) is 0.778. The van der Waals surface area contributed by atoms with Gasteiger partial charge in [0.2, 0.25) is 0 Å². The molecule has 1 saturated heterocycles. The van der Waals surface area contributed by atoms with E-state index in [9.17, 15) is 0 Å². The van der Waals surface area contributed by atoms with Crippen molar-refractivity contribution in [3.8, 4) is 0 Å². The van der Waals surface area contributed by atoms with E-state index in [1.54, 1.807) is 0 Å². The van der Waals surface area contributed by atoms with E-state index in [4.69, 9.17) is 4.74 Å². The summed E-state index contributed by atoms with van der Waals surface area (Å²) < 4.78 is 6.28. The molecule has 2 fully saturated rings. The number of nitrogens with one attached hydrogen (secondary N) is 1. The summed E-state index contributed by atoms with van der Waals surface area (Å²) in [5.74, 6) is 1.75. The highest BCUT2D eigenvalue weighted by Crippen LogP contribution is 2.38. The summed E-state index contributed by atoms with van der Waals surface area (Å²) in [7, 11) is 0. The fourth-order valence-corrected chi connectivity index (χ4v) is 3.24. The molecule has 0 bridgehead atoms. The molecule has 1 heterocycles. The highest BCUT2D eigenvalue weighted by molar-refractivity contribution is 4.89. The maximum atomic E-state index is 6.28. The van der Waals surface area contributed by atoms with E-state index in [1.807, 2.05) is 0 Å². The van der Waals surface area contributed by atoms with Crippen molar-refractivity contribution in [3.05, 3.63) is 0 Å². The molecule has 1 saturated carbocycles. The van der Waals surface area contributed by atoms with Crippen LogP contribution in [0.2, 0.25) is 0 Å². The van der Waals surface area contributed by atoms with Crippen molar-refractivity contribution >= 4 is 0 Å². The van der Waals surface area contributed by atoms with Gasteiger partial charge < -0.3 is 4.74 Å². The van der Waals surface area contributed by atoms with E-state index >= 15 is 0 Å². The molecule has 2 heteroatoms. The van der Waals surface area contributed by atoms with Gasteiger partial charge >= 0.3 is 0 Å². The molecule has 1 spiro atoms. The Hall–Kier alpha value is -0.0800. The van der Waals surface area contributed by atoms with Gasteiger partial charge in [0.15, 0.2) is 0 Å². The van der Waals surface area contributed by atoms with Gasteiger partial charge in [0, 0.05) is 6.54 Å². The van der Waals surface area contributed by atoms with Gasteiger partial charge in [-0.05, 0) is 50.4 Å². The summed E-state index contributed by atoms with van der Waals surface area (Å²) in [6.07, 6.45) is 7.95. The smallest absolute Gasteiger partial charge is 0.119 e. The van der Waals surface area contributed by atoms with Gasteiger partial charge in [0.1, 0.15) is 5.72 Å². The fraction of sp³-hybridized carbons (Fsp3) is 1.00. The molecule has 2 nitrogen and oxygen atoms in total. The monoisotopic (exact) mass is 225 g/mol. The van der Waals surface area contributed by atoms with E-state index in [-0.39, 0.29) is 5.72 Å². The van der Waals surface area contributed by atoms with Crippen LogP contribution in [0.5, 0.6) is 0 Å². The molecule has 0 aromatic rings. The van der Waals surface area contributed by atoms with Gasteiger partial charge in [0.25, 0.3) is 0 Å². The van der Waals surface area contributed by atoms with Gasteiger partial charge in [-0.1, -0.05) is 20.8 Å². The standard InChI is InChI=1S/C14H27NO/c1-4-13-7-10-15-14(16-13)8-5-12(6-9-14)11(2)3/h11-13,15H,4-10H2,1-3H3. The van der Waals surface area contributed by atoms with Crippen molar-refractivity contribution in [3.63, 3.8) is 0 Å². The largest absolute Gasteiger partial charge is 0.357 e. The topological polar surface area (TPSA) is 21.3 Å². The van der Waals surface area contributed by atoms with Crippen LogP contribution in [0.1, 0.15) is 59.3 Å². The van der Waals surface area contributed by atoms with Gasteiger partial charge in [0.05, 0.1) is 6.10 Å². The Morgan fingerprint density at radius 2 is 1.94 bits per heavy atom. The van der Waals surface area contributed by atoms with Gasteiger partial charge in [-0.3, -0.25) is 5.32 Å². The van der Waals surface area contributed by atoms with E-state index < -0.39 is 0 Å². The Morgan fingerprint density at radius 1 is 1.25 bits per heavy atom. The zero-order valence-corrected chi connectivity index (χ0v) is 11.1. The zero-order chi connectivity index (χ0) is 11.6. The van der Waals surface area contributed by atoms with Crippen molar-refractivity contribution in [2.24, 2.45) is 11.8 Å². The molecule has 0 aromatic carbocycles. The van der Waals surface area contributed by atoms with Crippen LogP contribution in [0.15, 0.2) is 0 Å². The van der Waals surface area contributed by atoms with Crippen LogP contribution in [-0.2, 0) is 4.74 Å². The molecule has 1 N–H and O–H groups in total. The summed E-state index contributed by atoms with van der Waals surface area (Å²) in [5, 5.41) is 3.64. The first-order chi connectivity index (χ1) is 7.65. The number of rotatable bonds is 2. The van der Waals surface area contributed by atoms with Crippen LogP contribution >= 0.6 is 0 Å². The van der Waals surface area contributed by atoms with E-state index in [1.165, 1.54) is 32.1 Å². The van der Waals surface area contributed by atoms with Gasteiger partial charge in [-0.15, -0.1) is 0 Å². The lowest BCUT2D eigenvalue weighted by Gasteiger charge is -2.46. The maximum Gasteiger partial charge on any atom is 0.119 e. The van der Waals surface area contributed by atoms with Crippen molar-refractivity contribution in [2.75, 3.05) is 6.54 Å². The Labute approximate surface area is 100 Å². The molecule has 0 amide bonds. The normalized spacial score (nSPS) is 40.5. The third-order valence-electron chi connectivity index (χ3n) is 4.54. The zero-order valence-electron chi connectivity index (χ0n) is 11.1. The Kier molecular flexibility index (Phi) is 3.91. The molecule has 1 unspecified atom stereocenters. The first kappa shape index (κ1) is 12.4. The molecule has 1 aliphatic heterocycles. The molecule has 16 heavy (non-hydrogen) atoms. The minimum absolute atomic E-state index is 0.0459. The maximum absolute atomic E-state index is 6.28. The molecule has 2 rings (SSSR count). The Bertz CT molecular complexity index is 219. The molecular formula is C14H27NO. The van der Waals surface area contributed by atoms with E-state index in [0.29, 0.717) is 6.10 Å². The average molecular weight is 225 g/mol. The molecular weight excluding hydrogens is 198 g/mol. The lowest BCUT2D eigenvalue weighted by atomic mass is 9.77. The van der Waals surface area contributed by atoms with Gasteiger partial charge in [-0.25, -0.2) is 0 Å². The molecule has 1 aliphatic carbocycles. The van der Waals surface area contributed by atoms with Crippen molar-refractivity contribution in [2.45, 2.75) is 71.1 Å². The third kappa shape index (κ3) is 2.60. The SMILES string of the molecule is CCC1CCNC2(CCC(C(C)C)CC2)O1. The second-order valence-electron chi connectivity index (χ2n) is 5.94. The first-order valence-corrected chi connectivity index (χ1v) is 7.08. The van der Waals surface area contributed by atoms with Crippen LogP contribution < -0.4 is 5.32 Å². The molecule has 0 radical (unpaired) electrons. The minimum Gasteiger partial charge on any atom is -0.357 e. The highest BCUT2D eigenvalue weighted by Gasteiger charge is 2.40. The van der Waals surface area contributed by atoms with Crippen LogP contribution in [-0.4, -0.2) is 18.4 Å². The predicted molar refractivity (Wildman–Crippen MR) is 67.3 cm³/mol. The van der Waals surface area contributed by atoms with Crippen molar-refractivity contribution in [1.29, 1.82) is 0 Å². The highest BCUT2D eigenvalue weighted by atomic mass is 16.5. The summed E-state index contributed by atoms with van der Waals surface area (Å²) in [6.45, 7) is 8.09. The van der Waals surface area contributed by atoms with Crippen LogP contribution in [0, 0.1) is 11.8 Å². The van der Waals surface area contributed by atoms with Crippen LogP contribution in [0.4, 0.5) is 0 Å². The molecule has 0 aromatic heterocycles. The molecule has 2 aliphatic rings.